The van der Waals surface area contributed by atoms with E-state index in [1.807, 2.05) is 6.07 Å². The zero-order valence-electron chi connectivity index (χ0n) is 13.2. The maximum atomic E-state index is 13.0. The topological polar surface area (TPSA) is 58.4 Å². The number of rotatable bonds is 3. The number of carbonyl (C=O) groups excluding carboxylic acids is 1. The van der Waals surface area contributed by atoms with Crippen molar-refractivity contribution in [2.75, 3.05) is 29.0 Å². The number of benzene rings is 2. The summed E-state index contributed by atoms with van der Waals surface area (Å²) >= 11 is 6.22. The summed E-state index contributed by atoms with van der Waals surface area (Å²) in [5, 5.41) is 3.16. The van der Waals surface area contributed by atoms with Gasteiger partial charge >= 0.3 is 0 Å². The Morgan fingerprint density at radius 2 is 1.79 bits per heavy atom. The van der Waals surface area contributed by atoms with Crippen LogP contribution in [0.15, 0.2) is 36.4 Å². The molecule has 0 atom stereocenters. The van der Waals surface area contributed by atoms with Gasteiger partial charge in [0.05, 0.1) is 22.1 Å². The largest absolute Gasteiger partial charge is 0.397 e. The van der Waals surface area contributed by atoms with Crippen LogP contribution < -0.4 is 16.0 Å². The Hall–Kier alpha value is -2.27. The highest BCUT2D eigenvalue weighted by Crippen LogP contribution is 2.35. The van der Waals surface area contributed by atoms with Gasteiger partial charge in [-0.25, -0.2) is 4.39 Å². The zero-order chi connectivity index (χ0) is 17.1. The molecule has 3 rings (SSSR count). The van der Waals surface area contributed by atoms with Gasteiger partial charge in [0.1, 0.15) is 5.82 Å². The van der Waals surface area contributed by atoms with Crippen LogP contribution in [0.2, 0.25) is 5.02 Å². The third kappa shape index (κ3) is 3.62. The average molecular weight is 348 g/mol. The van der Waals surface area contributed by atoms with Crippen LogP contribution in [0.5, 0.6) is 0 Å². The lowest BCUT2D eigenvalue weighted by Crippen LogP contribution is -2.30. The summed E-state index contributed by atoms with van der Waals surface area (Å²) in [6, 6.07) is 8.83. The third-order valence-electron chi connectivity index (χ3n) is 4.17. The molecule has 1 amide bonds. The van der Waals surface area contributed by atoms with Crippen LogP contribution in [-0.2, 0) is 0 Å². The van der Waals surface area contributed by atoms with Gasteiger partial charge in [-0.3, -0.25) is 4.79 Å². The standard InChI is InChI=1S/C18H19ClFN3O/c19-14-10-15(21)17(23-8-2-1-3-9-23)11-16(14)22-18(24)12-4-6-13(20)7-5-12/h4-7,10-11H,1-3,8-9,21H2,(H,22,24). The Morgan fingerprint density at radius 3 is 2.46 bits per heavy atom. The molecule has 24 heavy (non-hydrogen) atoms. The molecule has 0 aromatic heterocycles. The second-order valence-corrected chi connectivity index (χ2v) is 6.31. The molecule has 0 unspecified atom stereocenters. The smallest absolute Gasteiger partial charge is 0.255 e. The second kappa shape index (κ2) is 7.09. The van der Waals surface area contributed by atoms with Crippen LogP contribution in [-0.4, -0.2) is 19.0 Å². The van der Waals surface area contributed by atoms with E-state index < -0.39 is 0 Å². The molecule has 1 aliphatic rings. The van der Waals surface area contributed by atoms with Crippen molar-refractivity contribution < 1.29 is 9.18 Å². The molecule has 2 aromatic rings. The van der Waals surface area contributed by atoms with E-state index in [9.17, 15) is 9.18 Å². The van der Waals surface area contributed by atoms with E-state index in [4.69, 9.17) is 17.3 Å². The van der Waals surface area contributed by atoms with E-state index in [-0.39, 0.29) is 11.7 Å². The highest BCUT2D eigenvalue weighted by Gasteiger charge is 2.17. The van der Waals surface area contributed by atoms with E-state index in [0.29, 0.717) is 22.0 Å². The predicted octanol–water partition coefficient (Wildman–Crippen LogP) is 4.30. The van der Waals surface area contributed by atoms with Crippen LogP contribution >= 0.6 is 11.6 Å². The molecule has 0 radical (unpaired) electrons. The predicted molar refractivity (Wildman–Crippen MR) is 96.3 cm³/mol. The number of nitrogen functional groups attached to an aromatic ring is 1. The Balaban J connectivity index is 1.84. The summed E-state index contributed by atoms with van der Waals surface area (Å²) in [6.45, 7) is 1.88. The lowest BCUT2D eigenvalue weighted by molar-refractivity contribution is 0.102. The van der Waals surface area contributed by atoms with E-state index in [0.717, 1.165) is 31.6 Å². The molecule has 0 spiro atoms. The molecule has 126 valence electrons. The number of anilines is 3. The van der Waals surface area contributed by atoms with Crippen LogP contribution in [0.4, 0.5) is 21.5 Å². The number of amides is 1. The summed E-state index contributed by atoms with van der Waals surface area (Å²) in [4.78, 5) is 14.5. The Morgan fingerprint density at radius 1 is 1.12 bits per heavy atom. The third-order valence-corrected chi connectivity index (χ3v) is 4.48. The minimum Gasteiger partial charge on any atom is -0.397 e. The first kappa shape index (κ1) is 16.6. The first-order valence-corrected chi connectivity index (χ1v) is 8.33. The van der Waals surface area contributed by atoms with Gasteiger partial charge in [0.25, 0.3) is 5.91 Å². The van der Waals surface area contributed by atoms with Crippen molar-refractivity contribution in [2.24, 2.45) is 0 Å². The molecule has 1 saturated heterocycles. The second-order valence-electron chi connectivity index (χ2n) is 5.90. The Bertz CT molecular complexity index is 743. The molecule has 3 N–H and O–H groups in total. The number of hydrogen-bond acceptors (Lipinski definition) is 3. The summed E-state index contributed by atoms with van der Waals surface area (Å²) < 4.78 is 13.0. The molecule has 0 bridgehead atoms. The summed E-state index contributed by atoms with van der Waals surface area (Å²) in [7, 11) is 0. The van der Waals surface area contributed by atoms with Crippen molar-refractivity contribution >= 4 is 34.6 Å². The molecular formula is C18H19ClFN3O. The first-order chi connectivity index (χ1) is 11.5. The monoisotopic (exact) mass is 347 g/mol. The molecular weight excluding hydrogens is 329 g/mol. The maximum absolute atomic E-state index is 13.0. The number of carbonyl (C=O) groups is 1. The average Bonchev–Trinajstić information content (AvgIpc) is 2.58. The molecule has 1 heterocycles. The quantitative estimate of drug-likeness (QED) is 0.814. The zero-order valence-corrected chi connectivity index (χ0v) is 13.9. The van der Waals surface area contributed by atoms with Gasteiger partial charge in [-0.2, -0.15) is 0 Å². The Labute approximate surface area is 145 Å². The van der Waals surface area contributed by atoms with Crippen molar-refractivity contribution in [2.45, 2.75) is 19.3 Å². The van der Waals surface area contributed by atoms with Crippen LogP contribution in [0.1, 0.15) is 29.6 Å². The van der Waals surface area contributed by atoms with Crippen molar-refractivity contribution in [3.05, 3.63) is 52.8 Å². The molecule has 2 aromatic carbocycles. The molecule has 1 aliphatic heterocycles. The van der Waals surface area contributed by atoms with E-state index in [1.54, 1.807) is 6.07 Å². The number of hydrogen-bond donors (Lipinski definition) is 2. The van der Waals surface area contributed by atoms with Crippen molar-refractivity contribution in [3.8, 4) is 0 Å². The van der Waals surface area contributed by atoms with Gasteiger partial charge in [-0.05, 0) is 55.7 Å². The SMILES string of the molecule is Nc1cc(Cl)c(NC(=O)c2ccc(F)cc2)cc1N1CCCCC1. The number of nitrogens with one attached hydrogen (secondary N) is 1. The molecule has 6 heteroatoms. The first-order valence-electron chi connectivity index (χ1n) is 7.95. The molecule has 1 fully saturated rings. The van der Waals surface area contributed by atoms with Crippen LogP contribution in [0, 0.1) is 5.82 Å². The van der Waals surface area contributed by atoms with E-state index in [2.05, 4.69) is 10.2 Å². The van der Waals surface area contributed by atoms with Gasteiger partial charge in [0, 0.05) is 18.7 Å². The van der Waals surface area contributed by atoms with Crippen molar-refractivity contribution in [1.29, 1.82) is 0 Å². The Kier molecular flexibility index (Phi) is 4.90. The van der Waals surface area contributed by atoms with Gasteiger partial charge < -0.3 is 16.0 Å². The fourth-order valence-corrected chi connectivity index (χ4v) is 3.10. The molecule has 0 saturated carbocycles. The fourth-order valence-electron chi connectivity index (χ4n) is 2.88. The lowest BCUT2D eigenvalue weighted by atomic mass is 10.1. The summed E-state index contributed by atoms with van der Waals surface area (Å²) in [5.41, 5.74) is 8.45. The number of piperidine rings is 1. The lowest BCUT2D eigenvalue weighted by Gasteiger charge is -2.30. The minimum atomic E-state index is -0.385. The fraction of sp³-hybridized carbons (Fsp3) is 0.278. The normalized spacial score (nSPS) is 14.5. The number of nitrogens with zero attached hydrogens (tertiary/aromatic N) is 1. The maximum Gasteiger partial charge on any atom is 0.255 e. The van der Waals surface area contributed by atoms with E-state index >= 15 is 0 Å². The van der Waals surface area contributed by atoms with E-state index in [1.165, 1.54) is 30.7 Å². The summed E-state index contributed by atoms with van der Waals surface area (Å²) in [5.74, 6) is -0.726. The van der Waals surface area contributed by atoms with Crippen LogP contribution in [0.25, 0.3) is 0 Å². The molecule has 0 aliphatic carbocycles. The molecule has 4 nitrogen and oxygen atoms in total. The highest BCUT2D eigenvalue weighted by atomic mass is 35.5. The number of halogens is 2. The van der Waals surface area contributed by atoms with Gasteiger partial charge in [-0.15, -0.1) is 0 Å². The van der Waals surface area contributed by atoms with Crippen molar-refractivity contribution in [3.63, 3.8) is 0 Å². The minimum absolute atomic E-state index is 0.341. The van der Waals surface area contributed by atoms with Gasteiger partial charge in [0.15, 0.2) is 0 Å². The number of nitrogens with two attached hydrogens (primary N) is 1. The van der Waals surface area contributed by atoms with Crippen molar-refractivity contribution in [1.82, 2.24) is 0 Å². The van der Waals surface area contributed by atoms with Gasteiger partial charge in [-0.1, -0.05) is 11.6 Å². The summed E-state index contributed by atoms with van der Waals surface area (Å²) in [6.07, 6.45) is 3.47. The highest BCUT2D eigenvalue weighted by molar-refractivity contribution is 6.34. The van der Waals surface area contributed by atoms with Gasteiger partial charge in [0.2, 0.25) is 0 Å². The van der Waals surface area contributed by atoms with Crippen LogP contribution in [0.3, 0.4) is 0 Å².